The largest absolute Gasteiger partial charge is 0.506 e. The second kappa shape index (κ2) is 5.18. The van der Waals surface area contributed by atoms with Crippen LogP contribution in [0.3, 0.4) is 0 Å². The Bertz CT molecular complexity index is 530. The van der Waals surface area contributed by atoms with Gasteiger partial charge in [0.15, 0.2) is 0 Å². The Morgan fingerprint density at radius 2 is 2.00 bits per heavy atom. The molecule has 0 aliphatic rings. The van der Waals surface area contributed by atoms with Crippen molar-refractivity contribution in [2.45, 2.75) is 33.9 Å². The van der Waals surface area contributed by atoms with Crippen molar-refractivity contribution in [3.63, 3.8) is 0 Å². The molecular formula is C13H17N3O2. The molecule has 0 unspecified atom stereocenters. The fraction of sp³-hybridized carbons (Fsp3) is 0.385. The molecule has 0 saturated heterocycles. The number of rotatable bonds is 4. The van der Waals surface area contributed by atoms with Crippen molar-refractivity contribution in [2.24, 2.45) is 0 Å². The minimum absolute atomic E-state index is 0.215. The van der Waals surface area contributed by atoms with Gasteiger partial charge in [-0.25, -0.2) is 0 Å². The van der Waals surface area contributed by atoms with Crippen molar-refractivity contribution >= 4 is 0 Å². The Balaban J connectivity index is 1.98. The molecule has 2 aromatic rings. The first kappa shape index (κ1) is 12.6. The van der Waals surface area contributed by atoms with E-state index in [1.807, 2.05) is 20.8 Å². The van der Waals surface area contributed by atoms with E-state index in [1.54, 1.807) is 12.1 Å². The van der Waals surface area contributed by atoms with Gasteiger partial charge in [0.05, 0.1) is 11.4 Å². The zero-order valence-electron chi connectivity index (χ0n) is 10.8. The van der Waals surface area contributed by atoms with E-state index in [4.69, 9.17) is 4.52 Å². The summed E-state index contributed by atoms with van der Waals surface area (Å²) >= 11 is 0. The summed E-state index contributed by atoms with van der Waals surface area (Å²) in [6.45, 7) is 6.86. The number of aryl methyl sites for hydroxylation is 3. The van der Waals surface area contributed by atoms with E-state index in [9.17, 15) is 5.11 Å². The van der Waals surface area contributed by atoms with Crippen molar-refractivity contribution in [3.05, 3.63) is 40.5 Å². The summed E-state index contributed by atoms with van der Waals surface area (Å²) in [5, 5.41) is 16.8. The summed E-state index contributed by atoms with van der Waals surface area (Å²) in [6, 6.07) is 3.45. The standard InChI is InChI=1S/C13H17N3O2/c1-8-4-5-13(17)12(15-8)7-14-6-11-9(2)16-18-10(11)3/h4-5,14,17H,6-7H2,1-3H3. The third kappa shape index (κ3) is 2.68. The van der Waals surface area contributed by atoms with Crippen LogP contribution in [0.2, 0.25) is 0 Å². The van der Waals surface area contributed by atoms with Crippen LogP contribution in [0.4, 0.5) is 0 Å². The summed E-state index contributed by atoms with van der Waals surface area (Å²) < 4.78 is 5.09. The molecule has 18 heavy (non-hydrogen) atoms. The van der Waals surface area contributed by atoms with Gasteiger partial charge in [-0.15, -0.1) is 0 Å². The van der Waals surface area contributed by atoms with E-state index in [1.165, 1.54) is 0 Å². The van der Waals surface area contributed by atoms with Crippen LogP contribution in [0, 0.1) is 20.8 Å². The molecule has 0 bridgehead atoms. The molecule has 0 aliphatic heterocycles. The Labute approximate surface area is 106 Å². The highest BCUT2D eigenvalue weighted by Crippen LogP contribution is 2.15. The molecule has 0 fully saturated rings. The molecule has 96 valence electrons. The molecular weight excluding hydrogens is 230 g/mol. The molecule has 2 rings (SSSR count). The second-order valence-corrected chi connectivity index (χ2v) is 4.32. The van der Waals surface area contributed by atoms with Crippen LogP contribution in [0.15, 0.2) is 16.7 Å². The zero-order valence-corrected chi connectivity index (χ0v) is 10.8. The van der Waals surface area contributed by atoms with Crippen LogP contribution in [0.25, 0.3) is 0 Å². The minimum atomic E-state index is 0.215. The Morgan fingerprint density at radius 3 is 2.67 bits per heavy atom. The smallest absolute Gasteiger partial charge is 0.138 e. The second-order valence-electron chi connectivity index (χ2n) is 4.32. The van der Waals surface area contributed by atoms with Crippen molar-refractivity contribution in [2.75, 3.05) is 0 Å². The van der Waals surface area contributed by atoms with E-state index in [0.29, 0.717) is 18.8 Å². The molecule has 0 saturated carbocycles. The van der Waals surface area contributed by atoms with Gasteiger partial charge in [-0.2, -0.15) is 0 Å². The summed E-state index contributed by atoms with van der Waals surface area (Å²) in [5.74, 6) is 1.04. The van der Waals surface area contributed by atoms with Gasteiger partial charge in [0.25, 0.3) is 0 Å². The highest BCUT2D eigenvalue weighted by molar-refractivity contribution is 5.27. The molecule has 0 atom stereocenters. The molecule has 0 aromatic carbocycles. The first-order chi connectivity index (χ1) is 8.58. The Hall–Kier alpha value is -1.88. The summed E-state index contributed by atoms with van der Waals surface area (Å²) in [4.78, 5) is 4.28. The van der Waals surface area contributed by atoms with Gasteiger partial charge < -0.3 is 14.9 Å². The maximum atomic E-state index is 9.67. The van der Waals surface area contributed by atoms with Crippen molar-refractivity contribution in [3.8, 4) is 5.75 Å². The average molecular weight is 247 g/mol. The van der Waals surface area contributed by atoms with Gasteiger partial charge >= 0.3 is 0 Å². The molecule has 2 heterocycles. The van der Waals surface area contributed by atoms with Gasteiger partial charge in [0.1, 0.15) is 11.5 Å². The van der Waals surface area contributed by atoms with E-state index < -0.39 is 0 Å². The van der Waals surface area contributed by atoms with Crippen LogP contribution in [0.5, 0.6) is 5.75 Å². The lowest BCUT2D eigenvalue weighted by Crippen LogP contribution is -2.15. The predicted molar refractivity (Wildman–Crippen MR) is 67.2 cm³/mol. The maximum Gasteiger partial charge on any atom is 0.138 e. The quantitative estimate of drug-likeness (QED) is 0.864. The van der Waals surface area contributed by atoms with Crippen LogP contribution in [-0.2, 0) is 13.1 Å². The molecule has 5 nitrogen and oxygen atoms in total. The number of aromatic hydroxyl groups is 1. The van der Waals surface area contributed by atoms with Crippen molar-refractivity contribution < 1.29 is 9.63 Å². The minimum Gasteiger partial charge on any atom is -0.506 e. The third-order valence-corrected chi connectivity index (χ3v) is 2.86. The van der Waals surface area contributed by atoms with Crippen LogP contribution in [0.1, 0.15) is 28.4 Å². The van der Waals surface area contributed by atoms with Crippen molar-refractivity contribution in [1.29, 1.82) is 0 Å². The average Bonchev–Trinajstić information content (AvgIpc) is 2.65. The van der Waals surface area contributed by atoms with Gasteiger partial charge in [-0.1, -0.05) is 5.16 Å². The third-order valence-electron chi connectivity index (χ3n) is 2.86. The summed E-state index contributed by atoms with van der Waals surface area (Å²) in [6.07, 6.45) is 0. The lowest BCUT2D eigenvalue weighted by Gasteiger charge is -2.06. The summed E-state index contributed by atoms with van der Waals surface area (Å²) in [7, 11) is 0. The van der Waals surface area contributed by atoms with Gasteiger partial charge in [-0.3, -0.25) is 4.98 Å². The van der Waals surface area contributed by atoms with E-state index >= 15 is 0 Å². The Kier molecular flexibility index (Phi) is 3.62. The SMILES string of the molecule is Cc1ccc(O)c(CNCc2c(C)noc2C)n1. The lowest BCUT2D eigenvalue weighted by molar-refractivity contribution is 0.391. The van der Waals surface area contributed by atoms with Crippen LogP contribution < -0.4 is 5.32 Å². The topological polar surface area (TPSA) is 71.2 Å². The normalized spacial score (nSPS) is 10.8. The van der Waals surface area contributed by atoms with E-state index in [2.05, 4.69) is 15.5 Å². The van der Waals surface area contributed by atoms with E-state index in [-0.39, 0.29) is 5.75 Å². The molecule has 2 N–H and O–H groups in total. The molecule has 0 spiro atoms. The fourth-order valence-corrected chi connectivity index (χ4v) is 1.79. The molecule has 0 amide bonds. The van der Waals surface area contributed by atoms with Crippen LogP contribution >= 0.6 is 0 Å². The number of hydrogen-bond acceptors (Lipinski definition) is 5. The number of nitrogens with zero attached hydrogens (tertiary/aromatic N) is 2. The monoisotopic (exact) mass is 247 g/mol. The van der Waals surface area contributed by atoms with Crippen molar-refractivity contribution in [1.82, 2.24) is 15.5 Å². The van der Waals surface area contributed by atoms with Crippen LogP contribution in [-0.4, -0.2) is 15.2 Å². The molecule has 0 radical (unpaired) electrons. The van der Waals surface area contributed by atoms with Gasteiger partial charge in [-0.05, 0) is 32.9 Å². The molecule has 2 aromatic heterocycles. The van der Waals surface area contributed by atoms with E-state index in [0.717, 1.165) is 22.7 Å². The van der Waals surface area contributed by atoms with Gasteiger partial charge in [0, 0.05) is 24.3 Å². The number of hydrogen-bond donors (Lipinski definition) is 2. The number of nitrogens with one attached hydrogen (secondary N) is 1. The fourth-order valence-electron chi connectivity index (χ4n) is 1.79. The summed E-state index contributed by atoms with van der Waals surface area (Å²) in [5.41, 5.74) is 3.49. The molecule has 5 heteroatoms. The van der Waals surface area contributed by atoms with Gasteiger partial charge in [0.2, 0.25) is 0 Å². The molecule has 0 aliphatic carbocycles. The predicted octanol–water partition coefficient (Wildman–Crippen LogP) is 1.99. The highest BCUT2D eigenvalue weighted by atomic mass is 16.5. The zero-order chi connectivity index (χ0) is 13.1. The number of pyridine rings is 1. The maximum absolute atomic E-state index is 9.67. The first-order valence-electron chi connectivity index (χ1n) is 5.86. The first-order valence-corrected chi connectivity index (χ1v) is 5.86. The lowest BCUT2D eigenvalue weighted by atomic mass is 10.2. The highest BCUT2D eigenvalue weighted by Gasteiger charge is 2.09. The Morgan fingerprint density at radius 1 is 1.22 bits per heavy atom. The number of aromatic nitrogens is 2.